The first-order valence-corrected chi connectivity index (χ1v) is 12.4. The average molecular weight is 472 g/mol. The second-order valence-electron chi connectivity index (χ2n) is 7.60. The van der Waals surface area contributed by atoms with Crippen LogP contribution in [0.25, 0.3) is 17.4 Å². The minimum atomic E-state index is -0.345. The molecular weight excluding hydrogens is 442 g/mol. The topological polar surface area (TPSA) is 59.8 Å². The minimum absolute atomic E-state index is 0.0507. The predicted octanol–water partition coefficient (Wildman–Crippen LogP) is 6.69. The summed E-state index contributed by atoms with van der Waals surface area (Å²) in [4.78, 5) is 26.9. The molecule has 0 spiro atoms. The van der Waals surface area contributed by atoms with Gasteiger partial charge >= 0.3 is 5.97 Å². The van der Waals surface area contributed by atoms with Crippen molar-refractivity contribution in [1.82, 2.24) is 4.90 Å². The standard InChI is InChI=1S/C25H29NO4S2/c1-3-5-6-7-8-9-16-26-23(27)22(32-25(26)31)17-20-14-15-21(30-20)18-10-12-19(13-11-18)24(28)29-4-2/h10-15,17H,3-9,16H2,1-2H3/b22-17-. The normalized spacial score (nSPS) is 15.1. The van der Waals surface area contributed by atoms with Crippen LogP contribution in [-0.4, -0.2) is 34.2 Å². The lowest BCUT2D eigenvalue weighted by Crippen LogP contribution is -2.28. The number of carbonyl (C=O) groups is 2. The molecule has 1 aromatic heterocycles. The molecule has 32 heavy (non-hydrogen) atoms. The third-order valence-corrected chi connectivity index (χ3v) is 6.57. The number of benzene rings is 1. The monoisotopic (exact) mass is 471 g/mol. The number of furan rings is 1. The molecule has 0 atom stereocenters. The van der Waals surface area contributed by atoms with E-state index in [2.05, 4.69) is 6.92 Å². The van der Waals surface area contributed by atoms with Crippen LogP contribution in [0.5, 0.6) is 0 Å². The van der Waals surface area contributed by atoms with Gasteiger partial charge in [0.05, 0.1) is 17.1 Å². The Morgan fingerprint density at radius 1 is 1.06 bits per heavy atom. The summed E-state index contributed by atoms with van der Waals surface area (Å²) in [6.07, 6.45) is 8.78. The lowest BCUT2D eigenvalue weighted by atomic mass is 10.1. The summed E-state index contributed by atoms with van der Waals surface area (Å²) in [5, 5.41) is 0. The fourth-order valence-corrected chi connectivity index (χ4v) is 4.73. The van der Waals surface area contributed by atoms with E-state index in [4.69, 9.17) is 21.4 Å². The smallest absolute Gasteiger partial charge is 0.338 e. The van der Waals surface area contributed by atoms with Gasteiger partial charge in [-0.15, -0.1) is 0 Å². The molecule has 7 heteroatoms. The van der Waals surface area contributed by atoms with Crippen LogP contribution in [0.15, 0.2) is 45.7 Å². The van der Waals surface area contributed by atoms with Crippen molar-refractivity contribution >= 4 is 46.3 Å². The summed E-state index contributed by atoms with van der Waals surface area (Å²) >= 11 is 6.74. The molecule has 1 fully saturated rings. The number of rotatable bonds is 11. The minimum Gasteiger partial charge on any atom is -0.462 e. The highest BCUT2D eigenvalue weighted by molar-refractivity contribution is 8.26. The van der Waals surface area contributed by atoms with E-state index in [-0.39, 0.29) is 11.9 Å². The molecule has 1 aromatic carbocycles. The van der Waals surface area contributed by atoms with Gasteiger partial charge in [-0.05, 0) is 37.6 Å². The molecule has 1 amide bonds. The SMILES string of the molecule is CCCCCCCCN1C(=O)/C(=C/c2ccc(-c3ccc(C(=O)OCC)cc3)o2)SC1=S. The van der Waals surface area contributed by atoms with Crippen molar-refractivity contribution in [2.75, 3.05) is 13.2 Å². The molecule has 2 aromatic rings. The molecule has 0 unspecified atom stereocenters. The Labute approximate surface area is 199 Å². The van der Waals surface area contributed by atoms with Crippen molar-refractivity contribution < 1.29 is 18.7 Å². The maximum Gasteiger partial charge on any atom is 0.338 e. The highest BCUT2D eigenvalue weighted by Gasteiger charge is 2.31. The first-order chi connectivity index (χ1) is 15.5. The van der Waals surface area contributed by atoms with Gasteiger partial charge in [0.25, 0.3) is 5.91 Å². The van der Waals surface area contributed by atoms with Crippen LogP contribution in [0, 0.1) is 0 Å². The van der Waals surface area contributed by atoms with Crippen LogP contribution < -0.4 is 0 Å². The second kappa shape index (κ2) is 12.0. The number of esters is 1. The third kappa shape index (κ3) is 6.33. The van der Waals surface area contributed by atoms with Crippen LogP contribution in [0.1, 0.15) is 68.5 Å². The van der Waals surface area contributed by atoms with Crippen LogP contribution in [0.2, 0.25) is 0 Å². The molecular formula is C25H29NO4S2. The molecule has 0 bridgehead atoms. The van der Waals surface area contributed by atoms with Crippen LogP contribution in [-0.2, 0) is 9.53 Å². The Morgan fingerprint density at radius 3 is 2.50 bits per heavy atom. The summed E-state index contributed by atoms with van der Waals surface area (Å²) in [5.41, 5.74) is 1.34. The van der Waals surface area contributed by atoms with E-state index in [1.54, 1.807) is 30.0 Å². The molecule has 5 nitrogen and oxygen atoms in total. The van der Waals surface area contributed by atoms with Gasteiger partial charge in [-0.25, -0.2) is 4.79 Å². The number of thiocarbonyl (C=S) groups is 1. The first kappa shape index (κ1) is 24.3. The van der Waals surface area contributed by atoms with E-state index in [1.165, 1.54) is 37.4 Å². The summed E-state index contributed by atoms with van der Waals surface area (Å²) in [6.45, 7) is 4.99. The Morgan fingerprint density at radius 2 is 1.78 bits per heavy atom. The highest BCUT2D eigenvalue weighted by atomic mass is 32.2. The lowest BCUT2D eigenvalue weighted by Gasteiger charge is -2.13. The fraction of sp³-hybridized carbons (Fsp3) is 0.400. The largest absolute Gasteiger partial charge is 0.462 e. The van der Waals surface area contributed by atoms with Gasteiger partial charge in [0, 0.05) is 18.2 Å². The fourth-order valence-electron chi connectivity index (χ4n) is 3.44. The molecule has 0 saturated carbocycles. The Balaban J connectivity index is 1.60. The third-order valence-electron chi connectivity index (χ3n) is 5.19. The number of ether oxygens (including phenoxy) is 1. The molecule has 3 rings (SSSR count). The summed E-state index contributed by atoms with van der Waals surface area (Å²) in [6, 6.07) is 10.7. The maximum absolute atomic E-state index is 12.8. The molecule has 2 heterocycles. The Kier molecular flexibility index (Phi) is 9.11. The molecule has 170 valence electrons. The predicted molar refractivity (Wildman–Crippen MR) is 133 cm³/mol. The zero-order chi connectivity index (χ0) is 22.9. The zero-order valence-corrected chi connectivity index (χ0v) is 20.2. The zero-order valence-electron chi connectivity index (χ0n) is 18.6. The maximum atomic E-state index is 12.8. The number of unbranched alkanes of at least 4 members (excludes halogenated alkanes) is 5. The average Bonchev–Trinajstić information content (AvgIpc) is 3.36. The van der Waals surface area contributed by atoms with E-state index in [0.717, 1.165) is 18.4 Å². The summed E-state index contributed by atoms with van der Waals surface area (Å²) < 4.78 is 11.5. The van der Waals surface area contributed by atoms with Crippen LogP contribution in [0.4, 0.5) is 0 Å². The number of nitrogens with zero attached hydrogens (tertiary/aromatic N) is 1. The first-order valence-electron chi connectivity index (χ1n) is 11.2. The van der Waals surface area contributed by atoms with Crippen molar-refractivity contribution in [3.8, 4) is 11.3 Å². The van der Waals surface area contributed by atoms with Crippen LogP contribution in [0.3, 0.4) is 0 Å². The van der Waals surface area contributed by atoms with Gasteiger partial charge in [-0.1, -0.05) is 75.1 Å². The number of hydrogen-bond acceptors (Lipinski definition) is 6. The number of carbonyl (C=O) groups excluding carboxylic acids is 2. The number of hydrogen-bond donors (Lipinski definition) is 0. The van der Waals surface area contributed by atoms with Gasteiger partial charge in [-0.3, -0.25) is 9.69 Å². The number of thioether (sulfide) groups is 1. The second-order valence-corrected chi connectivity index (χ2v) is 9.28. The molecule has 1 saturated heterocycles. The lowest BCUT2D eigenvalue weighted by molar-refractivity contribution is -0.122. The van der Waals surface area contributed by atoms with E-state index in [1.807, 2.05) is 24.3 Å². The van der Waals surface area contributed by atoms with Gasteiger partial charge in [-0.2, -0.15) is 0 Å². The van der Waals surface area contributed by atoms with Gasteiger partial charge in [0.15, 0.2) is 0 Å². The van der Waals surface area contributed by atoms with E-state index >= 15 is 0 Å². The number of amides is 1. The quantitative estimate of drug-likeness (QED) is 0.158. The van der Waals surface area contributed by atoms with Crippen molar-refractivity contribution in [1.29, 1.82) is 0 Å². The summed E-state index contributed by atoms with van der Waals surface area (Å²) in [5.74, 6) is 0.858. The van der Waals surface area contributed by atoms with Gasteiger partial charge in [0.2, 0.25) is 0 Å². The Bertz CT molecular complexity index is 978. The van der Waals surface area contributed by atoms with E-state index in [9.17, 15) is 9.59 Å². The van der Waals surface area contributed by atoms with Crippen molar-refractivity contribution in [2.45, 2.75) is 52.4 Å². The molecule has 0 aliphatic carbocycles. The van der Waals surface area contributed by atoms with Crippen molar-refractivity contribution in [2.24, 2.45) is 0 Å². The Hall–Kier alpha value is -2.38. The van der Waals surface area contributed by atoms with E-state index < -0.39 is 0 Å². The molecule has 0 N–H and O–H groups in total. The molecule has 1 aliphatic rings. The highest BCUT2D eigenvalue weighted by Crippen LogP contribution is 2.34. The summed E-state index contributed by atoms with van der Waals surface area (Å²) in [7, 11) is 0. The molecule has 0 radical (unpaired) electrons. The molecule has 1 aliphatic heterocycles. The van der Waals surface area contributed by atoms with E-state index in [0.29, 0.717) is 39.5 Å². The van der Waals surface area contributed by atoms with Crippen molar-refractivity contribution in [3.05, 3.63) is 52.6 Å². The van der Waals surface area contributed by atoms with Gasteiger partial charge < -0.3 is 9.15 Å². The van der Waals surface area contributed by atoms with Crippen LogP contribution >= 0.6 is 24.0 Å². The van der Waals surface area contributed by atoms with Gasteiger partial charge in [0.1, 0.15) is 15.8 Å². The van der Waals surface area contributed by atoms with Crippen molar-refractivity contribution in [3.63, 3.8) is 0 Å².